The number of rotatable bonds is 11. The number of aromatic nitrogens is 1. The molecule has 4 rings (SSSR count). The summed E-state index contributed by atoms with van der Waals surface area (Å²) in [5, 5.41) is 1.34. The number of amides is 3. The zero-order chi connectivity index (χ0) is 37.5. The van der Waals surface area contributed by atoms with E-state index in [1.807, 2.05) is 72.3 Å². The number of halogens is 2. The van der Waals surface area contributed by atoms with Crippen LogP contribution in [0.3, 0.4) is 0 Å². The lowest BCUT2D eigenvalue weighted by atomic mass is 9.83. The summed E-state index contributed by atoms with van der Waals surface area (Å²) >= 11 is 12.6. The number of carbonyl (C=O) groups is 2. The summed E-state index contributed by atoms with van der Waals surface area (Å²) < 4.78 is 6.30. The van der Waals surface area contributed by atoms with Crippen LogP contribution in [-0.2, 0) is 16.8 Å². The summed E-state index contributed by atoms with van der Waals surface area (Å²) in [4.78, 5) is 44.0. The van der Waals surface area contributed by atoms with Gasteiger partial charge in [0, 0.05) is 71.4 Å². The van der Waals surface area contributed by atoms with E-state index in [1.165, 1.54) is 0 Å². The first-order chi connectivity index (χ1) is 24.0. The van der Waals surface area contributed by atoms with Gasteiger partial charge in [-0.2, -0.15) is 0 Å². The van der Waals surface area contributed by atoms with Crippen LogP contribution in [0.2, 0.25) is 5.02 Å². The monoisotopic (exact) mass is 737 g/mol. The molecular formula is C41H57Cl2N5O3. The number of amidine groups is 1. The van der Waals surface area contributed by atoms with Crippen molar-refractivity contribution in [2.45, 2.75) is 112 Å². The maximum absolute atomic E-state index is 14.9. The first kappa shape index (κ1) is 40.4. The lowest BCUT2D eigenvalue weighted by Crippen LogP contribution is -2.50. The molecule has 0 N–H and O–H groups in total. The Bertz CT molecular complexity index is 1600. The molecule has 1 aromatic heterocycles. The lowest BCUT2D eigenvalue weighted by Gasteiger charge is -2.38. The van der Waals surface area contributed by atoms with Crippen LogP contribution in [0.1, 0.15) is 105 Å². The molecule has 2 aromatic rings. The number of piperidine rings is 1. The SMILES string of the molecule is CCOc1cc(C(C)(C)C)ncc1/C(=N/C(C)(C)C1C=CC(Cl)=CC1)N(Cc1ccc(Cl)cc1)C(=O)N1CCC(CC(=O)N(CC)C(C)C)CC1. The average molecular weight is 739 g/mol. The molecule has 1 fully saturated rings. The number of hydrogen-bond donors (Lipinski definition) is 0. The molecule has 0 saturated carbocycles. The van der Waals surface area contributed by atoms with Crippen LogP contribution in [-0.4, -0.2) is 75.3 Å². The molecule has 1 atom stereocenters. The summed E-state index contributed by atoms with van der Waals surface area (Å²) in [6.45, 7) is 21.1. The van der Waals surface area contributed by atoms with Gasteiger partial charge in [0.1, 0.15) is 11.6 Å². The molecule has 1 saturated heterocycles. The van der Waals surface area contributed by atoms with Crippen molar-refractivity contribution >= 4 is 41.0 Å². The van der Waals surface area contributed by atoms with Gasteiger partial charge in [0.15, 0.2) is 0 Å². The van der Waals surface area contributed by atoms with E-state index in [-0.39, 0.29) is 41.8 Å². The Morgan fingerprint density at radius 1 is 1.06 bits per heavy atom. The highest BCUT2D eigenvalue weighted by Gasteiger charge is 2.36. The Labute approximate surface area is 315 Å². The Kier molecular flexibility index (Phi) is 13.8. The van der Waals surface area contributed by atoms with Crippen LogP contribution in [0.25, 0.3) is 0 Å². The smallest absolute Gasteiger partial charge is 0.325 e. The molecule has 0 spiro atoms. The van der Waals surface area contributed by atoms with Crippen molar-refractivity contribution in [3.8, 4) is 5.75 Å². The Morgan fingerprint density at radius 3 is 2.27 bits per heavy atom. The van der Waals surface area contributed by atoms with E-state index < -0.39 is 5.54 Å². The zero-order valence-corrected chi connectivity index (χ0v) is 33.5. The molecule has 1 aliphatic carbocycles. The van der Waals surface area contributed by atoms with Gasteiger partial charge in [0.2, 0.25) is 5.91 Å². The van der Waals surface area contributed by atoms with E-state index in [9.17, 15) is 9.59 Å². The Morgan fingerprint density at radius 2 is 1.73 bits per heavy atom. The second kappa shape index (κ2) is 17.4. The summed E-state index contributed by atoms with van der Waals surface area (Å²) in [6, 6.07) is 9.57. The molecule has 278 valence electrons. The molecule has 1 unspecified atom stereocenters. The van der Waals surface area contributed by atoms with Gasteiger partial charge in [-0.1, -0.05) is 68.3 Å². The van der Waals surface area contributed by atoms with Gasteiger partial charge < -0.3 is 14.5 Å². The molecule has 2 heterocycles. The average Bonchev–Trinajstić information content (AvgIpc) is 3.07. The standard InChI is InChI=1S/C41H57Cl2N5O3/c1-10-47(28(3)4)37(49)24-29-20-22-46(23-21-29)39(50)48(27-30-12-16-32(42)17-13-30)38(45-41(8,9)31-14-18-33(43)19-15-31)34-26-44-36(40(5,6)7)25-35(34)51-11-2/h12-14,16-19,25-26,28-29,31H,10-11,15,20-24,27H2,1-9H3/b45-38-. The topological polar surface area (TPSA) is 78.3 Å². The molecule has 1 aromatic carbocycles. The van der Waals surface area contributed by atoms with Gasteiger partial charge >= 0.3 is 6.03 Å². The van der Waals surface area contributed by atoms with E-state index in [1.54, 1.807) is 4.90 Å². The zero-order valence-electron chi connectivity index (χ0n) is 32.0. The predicted molar refractivity (Wildman–Crippen MR) is 210 cm³/mol. The molecule has 3 amide bonds. The number of benzene rings is 1. The van der Waals surface area contributed by atoms with Gasteiger partial charge in [-0.15, -0.1) is 0 Å². The molecule has 0 radical (unpaired) electrons. The number of nitrogens with zero attached hydrogens (tertiary/aromatic N) is 5. The number of pyridine rings is 1. The quantitative estimate of drug-likeness (QED) is 0.170. The first-order valence-electron chi connectivity index (χ1n) is 18.4. The van der Waals surface area contributed by atoms with Crippen molar-refractivity contribution in [1.82, 2.24) is 19.7 Å². The third-order valence-electron chi connectivity index (χ3n) is 9.90. The minimum atomic E-state index is -0.625. The van der Waals surface area contributed by atoms with Crippen molar-refractivity contribution in [3.05, 3.63) is 81.6 Å². The minimum Gasteiger partial charge on any atom is -0.493 e. The molecule has 10 heteroatoms. The van der Waals surface area contributed by atoms with Gasteiger partial charge in [-0.05, 0) is 90.5 Å². The molecule has 2 aliphatic rings. The van der Waals surface area contributed by atoms with Gasteiger partial charge in [-0.3, -0.25) is 19.7 Å². The number of aliphatic imine (C=N–C) groups is 1. The van der Waals surface area contributed by atoms with Gasteiger partial charge in [0.05, 0.1) is 24.3 Å². The summed E-state index contributed by atoms with van der Waals surface area (Å²) in [5.74, 6) is 1.58. The van der Waals surface area contributed by atoms with Gasteiger partial charge in [0.25, 0.3) is 0 Å². The third-order valence-corrected chi connectivity index (χ3v) is 10.4. The number of urea groups is 1. The number of hydrogen-bond acceptors (Lipinski definition) is 5. The lowest BCUT2D eigenvalue weighted by molar-refractivity contribution is -0.134. The highest BCUT2D eigenvalue weighted by Crippen LogP contribution is 2.35. The molecule has 51 heavy (non-hydrogen) atoms. The van der Waals surface area contributed by atoms with E-state index in [4.69, 9.17) is 37.9 Å². The highest BCUT2D eigenvalue weighted by molar-refractivity contribution is 6.31. The van der Waals surface area contributed by atoms with Crippen LogP contribution < -0.4 is 4.74 Å². The van der Waals surface area contributed by atoms with Crippen LogP contribution in [0, 0.1) is 11.8 Å². The fraction of sp³-hybridized carbons (Fsp3) is 0.561. The van der Waals surface area contributed by atoms with Crippen molar-refractivity contribution in [1.29, 1.82) is 0 Å². The van der Waals surface area contributed by atoms with Crippen LogP contribution >= 0.6 is 23.2 Å². The minimum absolute atomic E-state index is 0.0432. The van der Waals surface area contributed by atoms with E-state index in [0.29, 0.717) is 59.9 Å². The number of ether oxygens (including phenoxy) is 1. The number of likely N-dealkylation sites (tertiary alicyclic amines) is 1. The fourth-order valence-electron chi connectivity index (χ4n) is 6.73. The van der Waals surface area contributed by atoms with E-state index in [2.05, 4.69) is 54.5 Å². The third kappa shape index (κ3) is 10.6. The predicted octanol–water partition coefficient (Wildman–Crippen LogP) is 9.64. The second-order valence-electron chi connectivity index (χ2n) is 15.5. The largest absolute Gasteiger partial charge is 0.493 e. The van der Waals surface area contributed by atoms with E-state index in [0.717, 1.165) is 30.5 Å². The number of allylic oxidation sites excluding steroid dienone is 3. The van der Waals surface area contributed by atoms with Crippen LogP contribution in [0.15, 0.2) is 64.8 Å². The Balaban J connectivity index is 1.79. The van der Waals surface area contributed by atoms with Crippen LogP contribution in [0.4, 0.5) is 4.79 Å². The van der Waals surface area contributed by atoms with Crippen molar-refractivity contribution in [3.63, 3.8) is 0 Å². The van der Waals surface area contributed by atoms with Crippen molar-refractivity contribution < 1.29 is 14.3 Å². The second-order valence-corrected chi connectivity index (χ2v) is 16.4. The summed E-state index contributed by atoms with van der Waals surface area (Å²) in [5.41, 5.74) is 1.61. The van der Waals surface area contributed by atoms with Crippen molar-refractivity contribution in [2.75, 3.05) is 26.2 Å². The van der Waals surface area contributed by atoms with E-state index >= 15 is 0 Å². The molecular weight excluding hydrogens is 681 g/mol. The number of carbonyl (C=O) groups excluding carboxylic acids is 2. The maximum Gasteiger partial charge on any atom is 0.325 e. The summed E-state index contributed by atoms with van der Waals surface area (Å²) in [6.07, 6.45) is 10.6. The first-order valence-corrected chi connectivity index (χ1v) is 19.2. The molecule has 1 aliphatic heterocycles. The molecule has 8 nitrogen and oxygen atoms in total. The molecule has 0 bridgehead atoms. The van der Waals surface area contributed by atoms with Crippen molar-refractivity contribution in [2.24, 2.45) is 16.8 Å². The van der Waals surface area contributed by atoms with Gasteiger partial charge in [-0.25, -0.2) is 4.79 Å². The summed E-state index contributed by atoms with van der Waals surface area (Å²) in [7, 11) is 0. The fourth-order valence-corrected chi connectivity index (χ4v) is 7.02. The highest BCUT2D eigenvalue weighted by atomic mass is 35.5. The maximum atomic E-state index is 14.9. The van der Waals surface area contributed by atoms with Crippen LogP contribution in [0.5, 0.6) is 5.75 Å². The Hall–Kier alpha value is -3.36. The normalized spacial score (nSPS) is 17.4.